The molecular weight excluding hydrogens is 278 g/mol. The monoisotopic (exact) mass is 295 g/mol. The molecule has 5 heteroatoms. The number of anilines is 1. The summed E-state index contributed by atoms with van der Waals surface area (Å²) >= 11 is 0. The molecule has 0 aliphatic rings. The summed E-state index contributed by atoms with van der Waals surface area (Å²) in [4.78, 5) is 4.11. The molecule has 0 saturated heterocycles. The predicted molar refractivity (Wildman–Crippen MR) is 86.4 cm³/mol. The van der Waals surface area contributed by atoms with Gasteiger partial charge in [-0.15, -0.1) is 6.58 Å². The van der Waals surface area contributed by atoms with Crippen molar-refractivity contribution in [2.45, 2.75) is 6.92 Å². The van der Waals surface area contributed by atoms with Gasteiger partial charge in [0.1, 0.15) is 11.8 Å². The Morgan fingerprint density at radius 1 is 1.36 bits per heavy atom. The van der Waals surface area contributed by atoms with Crippen molar-refractivity contribution >= 4 is 18.0 Å². The molecule has 0 fully saturated rings. The molecule has 0 bridgehead atoms. The maximum absolute atomic E-state index is 9.02. The van der Waals surface area contributed by atoms with E-state index in [1.807, 2.05) is 43.3 Å². The van der Waals surface area contributed by atoms with E-state index in [4.69, 9.17) is 14.4 Å². The highest BCUT2D eigenvalue weighted by Crippen LogP contribution is 2.19. The molecule has 0 saturated carbocycles. The van der Waals surface area contributed by atoms with Crippen LogP contribution in [0, 0.1) is 11.3 Å². The van der Waals surface area contributed by atoms with E-state index in [2.05, 4.69) is 16.9 Å². The molecule has 1 N–H and O–H groups in total. The first kappa shape index (κ1) is 15.4. The molecule has 112 valence electrons. The van der Waals surface area contributed by atoms with E-state index in [0.29, 0.717) is 24.9 Å². The molecule has 0 spiro atoms. The molecule has 0 aliphatic heterocycles. The van der Waals surface area contributed by atoms with Gasteiger partial charge in [0.15, 0.2) is 0 Å². The van der Waals surface area contributed by atoms with E-state index in [9.17, 15) is 0 Å². The molecule has 0 amide bonds. The van der Waals surface area contributed by atoms with Crippen LogP contribution in [0.25, 0.3) is 12.2 Å². The van der Waals surface area contributed by atoms with Crippen LogP contribution in [-0.4, -0.2) is 18.1 Å². The first-order valence-corrected chi connectivity index (χ1v) is 6.93. The number of nitriles is 1. The smallest absolute Gasteiger partial charge is 0.232 e. The average Bonchev–Trinajstić information content (AvgIpc) is 2.95. The summed E-state index contributed by atoms with van der Waals surface area (Å²) in [6, 6.07) is 9.67. The first-order chi connectivity index (χ1) is 10.8. The van der Waals surface area contributed by atoms with Gasteiger partial charge in [-0.2, -0.15) is 10.2 Å². The van der Waals surface area contributed by atoms with Crippen molar-refractivity contribution in [2.75, 3.05) is 18.5 Å². The van der Waals surface area contributed by atoms with Gasteiger partial charge in [0.25, 0.3) is 0 Å². The number of oxazole rings is 1. The summed E-state index contributed by atoms with van der Waals surface area (Å²) in [5.74, 6) is 1.56. The van der Waals surface area contributed by atoms with E-state index in [1.54, 1.807) is 12.2 Å². The van der Waals surface area contributed by atoms with Gasteiger partial charge in [-0.1, -0.05) is 18.2 Å². The first-order valence-electron chi connectivity index (χ1n) is 6.93. The number of benzene rings is 1. The highest BCUT2D eigenvalue weighted by Gasteiger charge is 2.09. The summed E-state index contributed by atoms with van der Waals surface area (Å²) in [6.45, 7) is 6.70. The predicted octanol–water partition coefficient (Wildman–Crippen LogP) is 3.71. The second-order valence-corrected chi connectivity index (χ2v) is 4.35. The van der Waals surface area contributed by atoms with Crippen molar-refractivity contribution in [3.8, 4) is 11.8 Å². The van der Waals surface area contributed by atoms with Gasteiger partial charge in [0.05, 0.1) is 6.61 Å². The second kappa shape index (κ2) is 7.70. The van der Waals surface area contributed by atoms with Crippen molar-refractivity contribution < 1.29 is 9.15 Å². The lowest BCUT2D eigenvalue weighted by molar-refractivity contribution is 0.340. The van der Waals surface area contributed by atoms with Crippen LogP contribution >= 0.6 is 0 Å². The molecule has 1 heterocycles. The summed E-state index contributed by atoms with van der Waals surface area (Å²) in [5.41, 5.74) is 1.22. The number of hydrogen-bond donors (Lipinski definition) is 1. The molecule has 1 aromatic carbocycles. The maximum atomic E-state index is 9.02. The quantitative estimate of drug-likeness (QED) is 0.788. The molecule has 0 radical (unpaired) electrons. The average molecular weight is 295 g/mol. The van der Waals surface area contributed by atoms with E-state index in [0.717, 1.165) is 11.3 Å². The number of nitrogens with zero attached hydrogens (tertiary/aromatic N) is 2. The Hall–Kier alpha value is -3.00. The number of rotatable bonds is 7. The van der Waals surface area contributed by atoms with Gasteiger partial charge in [-0.3, -0.25) is 0 Å². The molecule has 0 unspecified atom stereocenters. The highest BCUT2D eigenvalue weighted by atomic mass is 16.5. The standard InChI is InChI=1S/C17H17N3O2/c1-3-11-19-17-15(12-18)20-16(22-17)10-7-13-5-8-14(9-6-13)21-4-2/h3,5-10,19H,1,4,11H2,2H3. The van der Waals surface area contributed by atoms with Gasteiger partial charge >= 0.3 is 0 Å². The van der Waals surface area contributed by atoms with Crippen molar-refractivity contribution in [1.29, 1.82) is 5.26 Å². The Labute approximate surface area is 129 Å². The molecule has 0 aliphatic carbocycles. The number of aromatic nitrogens is 1. The lowest BCUT2D eigenvalue weighted by atomic mass is 10.2. The van der Waals surface area contributed by atoms with Crippen LogP contribution in [0.2, 0.25) is 0 Å². The Morgan fingerprint density at radius 3 is 2.77 bits per heavy atom. The van der Waals surface area contributed by atoms with E-state index in [1.165, 1.54) is 0 Å². The molecule has 5 nitrogen and oxygen atoms in total. The van der Waals surface area contributed by atoms with Gasteiger partial charge in [0, 0.05) is 12.6 Å². The van der Waals surface area contributed by atoms with E-state index >= 15 is 0 Å². The van der Waals surface area contributed by atoms with Gasteiger partial charge in [-0.25, -0.2) is 0 Å². The number of ether oxygens (including phenoxy) is 1. The fraction of sp³-hybridized carbons (Fsp3) is 0.176. The van der Waals surface area contributed by atoms with E-state index in [-0.39, 0.29) is 5.69 Å². The summed E-state index contributed by atoms with van der Waals surface area (Å²) < 4.78 is 10.9. The van der Waals surface area contributed by atoms with Gasteiger partial charge in [-0.05, 0) is 30.7 Å². The maximum Gasteiger partial charge on any atom is 0.232 e. The Bertz CT molecular complexity index is 694. The third-order valence-corrected chi connectivity index (χ3v) is 2.77. The lowest BCUT2D eigenvalue weighted by Gasteiger charge is -2.01. The van der Waals surface area contributed by atoms with Crippen LogP contribution in [0.15, 0.2) is 41.3 Å². The Kier molecular flexibility index (Phi) is 5.38. The minimum absolute atomic E-state index is 0.230. The van der Waals surface area contributed by atoms with Crippen molar-refractivity contribution in [2.24, 2.45) is 0 Å². The number of hydrogen-bond acceptors (Lipinski definition) is 5. The van der Waals surface area contributed by atoms with Crippen LogP contribution < -0.4 is 10.1 Å². The highest BCUT2D eigenvalue weighted by molar-refractivity contribution is 5.67. The third kappa shape index (κ3) is 4.00. The van der Waals surface area contributed by atoms with Gasteiger partial charge in [0.2, 0.25) is 17.5 Å². The fourth-order valence-corrected chi connectivity index (χ4v) is 1.78. The van der Waals surface area contributed by atoms with Crippen LogP contribution in [0.3, 0.4) is 0 Å². The lowest BCUT2D eigenvalue weighted by Crippen LogP contribution is -1.97. The molecule has 2 aromatic rings. The zero-order chi connectivity index (χ0) is 15.8. The number of nitrogens with one attached hydrogen (secondary N) is 1. The normalized spacial score (nSPS) is 10.4. The molecule has 0 atom stereocenters. The van der Waals surface area contributed by atoms with E-state index < -0.39 is 0 Å². The minimum Gasteiger partial charge on any atom is -0.494 e. The minimum atomic E-state index is 0.230. The zero-order valence-corrected chi connectivity index (χ0v) is 12.4. The Balaban J connectivity index is 2.10. The van der Waals surface area contributed by atoms with Crippen molar-refractivity contribution in [1.82, 2.24) is 4.98 Å². The van der Waals surface area contributed by atoms with Gasteiger partial charge < -0.3 is 14.5 Å². The van der Waals surface area contributed by atoms with Crippen LogP contribution in [-0.2, 0) is 0 Å². The molecule has 1 aromatic heterocycles. The summed E-state index contributed by atoms with van der Waals surface area (Å²) in [6.07, 6.45) is 5.26. The topological polar surface area (TPSA) is 71.1 Å². The molecule has 2 rings (SSSR count). The molecule has 22 heavy (non-hydrogen) atoms. The second-order valence-electron chi connectivity index (χ2n) is 4.35. The van der Waals surface area contributed by atoms with Crippen LogP contribution in [0.5, 0.6) is 5.75 Å². The van der Waals surface area contributed by atoms with Crippen LogP contribution in [0.1, 0.15) is 24.1 Å². The largest absolute Gasteiger partial charge is 0.494 e. The van der Waals surface area contributed by atoms with Crippen molar-refractivity contribution in [3.05, 3.63) is 54.1 Å². The van der Waals surface area contributed by atoms with Crippen molar-refractivity contribution in [3.63, 3.8) is 0 Å². The van der Waals surface area contributed by atoms with Crippen LogP contribution in [0.4, 0.5) is 5.88 Å². The zero-order valence-electron chi connectivity index (χ0n) is 12.4. The SMILES string of the molecule is C=CCNc1oc(C=Cc2ccc(OCC)cc2)nc1C#N. The summed E-state index contributed by atoms with van der Waals surface area (Å²) in [5, 5.41) is 12.0. The Morgan fingerprint density at radius 2 is 2.14 bits per heavy atom. The third-order valence-electron chi connectivity index (χ3n) is 2.77. The summed E-state index contributed by atoms with van der Waals surface area (Å²) in [7, 11) is 0. The molecular formula is C17H17N3O2. The fourth-order valence-electron chi connectivity index (χ4n) is 1.78.